The standard InChI is InChI=1S/C14H21NO2S/c1-16-13-4-2-3-5-14(13)18-9-7-15-10-12-6-8-17-11-12/h2-5,12,15H,6-11H2,1H3. The van der Waals surface area contributed by atoms with E-state index in [4.69, 9.17) is 9.47 Å². The lowest BCUT2D eigenvalue weighted by Gasteiger charge is -2.10. The van der Waals surface area contributed by atoms with E-state index in [9.17, 15) is 0 Å². The monoisotopic (exact) mass is 267 g/mol. The van der Waals surface area contributed by atoms with Gasteiger partial charge in [-0.05, 0) is 24.5 Å². The van der Waals surface area contributed by atoms with Crippen LogP contribution in [0.3, 0.4) is 0 Å². The second-order valence-electron chi connectivity index (χ2n) is 4.43. The molecule has 18 heavy (non-hydrogen) atoms. The molecule has 0 amide bonds. The van der Waals surface area contributed by atoms with Crippen molar-refractivity contribution in [2.75, 3.05) is 39.2 Å². The van der Waals surface area contributed by atoms with Crippen molar-refractivity contribution >= 4 is 11.8 Å². The summed E-state index contributed by atoms with van der Waals surface area (Å²) in [4.78, 5) is 1.21. The second-order valence-corrected chi connectivity index (χ2v) is 5.57. The number of ether oxygens (including phenoxy) is 2. The van der Waals surface area contributed by atoms with E-state index in [-0.39, 0.29) is 0 Å². The van der Waals surface area contributed by atoms with E-state index in [1.54, 1.807) is 7.11 Å². The van der Waals surface area contributed by atoms with E-state index in [1.807, 2.05) is 30.0 Å². The largest absolute Gasteiger partial charge is 0.496 e. The van der Waals surface area contributed by atoms with Gasteiger partial charge in [-0.2, -0.15) is 0 Å². The van der Waals surface area contributed by atoms with E-state index in [2.05, 4.69) is 11.4 Å². The quantitative estimate of drug-likeness (QED) is 0.607. The van der Waals surface area contributed by atoms with E-state index in [0.717, 1.165) is 37.8 Å². The van der Waals surface area contributed by atoms with Gasteiger partial charge >= 0.3 is 0 Å². The molecule has 1 aliphatic heterocycles. The molecule has 0 radical (unpaired) electrons. The maximum Gasteiger partial charge on any atom is 0.132 e. The van der Waals surface area contributed by atoms with Crippen LogP contribution in [0.25, 0.3) is 0 Å². The highest BCUT2D eigenvalue weighted by Crippen LogP contribution is 2.28. The summed E-state index contributed by atoms with van der Waals surface area (Å²) in [6.45, 7) is 3.96. The first-order valence-electron chi connectivity index (χ1n) is 6.44. The summed E-state index contributed by atoms with van der Waals surface area (Å²) >= 11 is 1.84. The molecule has 1 atom stereocenters. The highest BCUT2D eigenvalue weighted by atomic mass is 32.2. The van der Waals surface area contributed by atoms with Gasteiger partial charge in [0.2, 0.25) is 0 Å². The number of methoxy groups -OCH3 is 1. The minimum absolute atomic E-state index is 0.710. The van der Waals surface area contributed by atoms with Crippen molar-refractivity contribution in [3.63, 3.8) is 0 Å². The predicted octanol–water partition coefficient (Wildman–Crippen LogP) is 2.41. The van der Waals surface area contributed by atoms with Gasteiger partial charge in [-0.1, -0.05) is 12.1 Å². The van der Waals surface area contributed by atoms with Crippen LogP contribution in [-0.2, 0) is 4.74 Å². The Morgan fingerprint density at radius 3 is 3.11 bits per heavy atom. The zero-order valence-electron chi connectivity index (χ0n) is 10.9. The van der Waals surface area contributed by atoms with E-state index < -0.39 is 0 Å². The molecule has 0 spiro atoms. The van der Waals surface area contributed by atoms with Crippen LogP contribution in [0.15, 0.2) is 29.2 Å². The minimum Gasteiger partial charge on any atom is -0.496 e. The molecule has 3 nitrogen and oxygen atoms in total. The number of nitrogens with one attached hydrogen (secondary N) is 1. The van der Waals surface area contributed by atoms with E-state index >= 15 is 0 Å². The smallest absolute Gasteiger partial charge is 0.132 e. The van der Waals surface area contributed by atoms with Crippen molar-refractivity contribution < 1.29 is 9.47 Å². The second kappa shape index (κ2) is 7.67. The van der Waals surface area contributed by atoms with Crippen LogP contribution in [0.1, 0.15) is 6.42 Å². The lowest BCUT2D eigenvalue weighted by atomic mass is 10.1. The summed E-state index contributed by atoms with van der Waals surface area (Å²) in [5.41, 5.74) is 0. The van der Waals surface area contributed by atoms with Crippen molar-refractivity contribution in [1.82, 2.24) is 5.32 Å². The first-order chi connectivity index (χ1) is 8.90. The topological polar surface area (TPSA) is 30.5 Å². The summed E-state index contributed by atoms with van der Waals surface area (Å²) in [5.74, 6) is 2.74. The molecule has 1 unspecified atom stereocenters. The van der Waals surface area contributed by atoms with Gasteiger partial charge in [0, 0.05) is 30.3 Å². The number of hydrogen-bond acceptors (Lipinski definition) is 4. The van der Waals surface area contributed by atoms with Crippen LogP contribution in [-0.4, -0.2) is 39.2 Å². The third kappa shape index (κ3) is 4.19. The van der Waals surface area contributed by atoms with Crippen LogP contribution in [0.4, 0.5) is 0 Å². The Morgan fingerprint density at radius 2 is 2.33 bits per heavy atom. The van der Waals surface area contributed by atoms with Gasteiger partial charge in [0.25, 0.3) is 0 Å². The molecule has 2 rings (SSSR count). The van der Waals surface area contributed by atoms with Gasteiger partial charge < -0.3 is 14.8 Å². The lowest BCUT2D eigenvalue weighted by molar-refractivity contribution is 0.185. The van der Waals surface area contributed by atoms with Crippen molar-refractivity contribution in [1.29, 1.82) is 0 Å². The van der Waals surface area contributed by atoms with E-state index in [1.165, 1.54) is 11.3 Å². The van der Waals surface area contributed by atoms with Crippen LogP contribution >= 0.6 is 11.8 Å². The summed E-state index contributed by atoms with van der Waals surface area (Å²) < 4.78 is 10.7. The molecule has 1 fully saturated rings. The van der Waals surface area contributed by atoms with Gasteiger partial charge in [0.15, 0.2) is 0 Å². The molecule has 100 valence electrons. The summed E-state index contributed by atoms with van der Waals surface area (Å²) in [5, 5.41) is 3.49. The molecule has 1 saturated heterocycles. The van der Waals surface area contributed by atoms with Crippen molar-refractivity contribution in [3.8, 4) is 5.75 Å². The molecule has 1 N–H and O–H groups in total. The first kappa shape index (κ1) is 13.7. The molecule has 1 aromatic rings. The number of thioether (sulfide) groups is 1. The molecular formula is C14H21NO2S. The molecule has 0 aliphatic carbocycles. The zero-order chi connectivity index (χ0) is 12.6. The fourth-order valence-electron chi connectivity index (χ4n) is 2.02. The maximum atomic E-state index is 5.35. The van der Waals surface area contributed by atoms with Crippen LogP contribution < -0.4 is 10.1 Å². The van der Waals surface area contributed by atoms with Crippen LogP contribution in [0, 0.1) is 5.92 Å². The third-order valence-electron chi connectivity index (χ3n) is 3.06. The van der Waals surface area contributed by atoms with Gasteiger partial charge in [-0.25, -0.2) is 0 Å². The summed E-state index contributed by atoms with van der Waals surface area (Å²) in [7, 11) is 1.72. The Bertz CT molecular complexity index is 353. The number of para-hydroxylation sites is 1. The van der Waals surface area contributed by atoms with Crippen molar-refractivity contribution in [3.05, 3.63) is 24.3 Å². The Hall–Kier alpha value is -0.710. The maximum absolute atomic E-state index is 5.35. The number of rotatable bonds is 7. The fraction of sp³-hybridized carbons (Fsp3) is 0.571. The summed E-state index contributed by atoms with van der Waals surface area (Å²) in [6, 6.07) is 8.16. The SMILES string of the molecule is COc1ccccc1SCCNCC1CCOC1. The molecule has 1 aromatic carbocycles. The highest BCUT2D eigenvalue weighted by molar-refractivity contribution is 7.99. The third-order valence-corrected chi connectivity index (χ3v) is 4.12. The molecule has 1 heterocycles. The molecule has 0 bridgehead atoms. The van der Waals surface area contributed by atoms with E-state index in [0.29, 0.717) is 5.92 Å². The molecule has 0 saturated carbocycles. The van der Waals surface area contributed by atoms with Crippen molar-refractivity contribution in [2.24, 2.45) is 5.92 Å². The Morgan fingerprint density at radius 1 is 1.44 bits per heavy atom. The van der Waals surface area contributed by atoms with Crippen molar-refractivity contribution in [2.45, 2.75) is 11.3 Å². The number of hydrogen-bond donors (Lipinski definition) is 1. The van der Waals surface area contributed by atoms with Gasteiger partial charge in [0.05, 0.1) is 13.7 Å². The van der Waals surface area contributed by atoms with Gasteiger partial charge in [-0.15, -0.1) is 11.8 Å². The first-order valence-corrected chi connectivity index (χ1v) is 7.43. The van der Waals surface area contributed by atoms with Gasteiger partial charge in [0.1, 0.15) is 5.75 Å². The van der Waals surface area contributed by atoms with Gasteiger partial charge in [-0.3, -0.25) is 0 Å². The van der Waals surface area contributed by atoms with Crippen LogP contribution in [0.5, 0.6) is 5.75 Å². The summed E-state index contributed by atoms with van der Waals surface area (Å²) in [6.07, 6.45) is 1.20. The average molecular weight is 267 g/mol. The highest BCUT2D eigenvalue weighted by Gasteiger charge is 2.14. The normalized spacial score (nSPS) is 19.1. The Kier molecular flexibility index (Phi) is 5.84. The predicted molar refractivity (Wildman–Crippen MR) is 75.5 cm³/mol. The Balaban J connectivity index is 1.62. The van der Waals surface area contributed by atoms with Crippen LogP contribution in [0.2, 0.25) is 0 Å². The average Bonchev–Trinajstić information content (AvgIpc) is 2.92. The molecular weight excluding hydrogens is 246 g/mol. The lowest BCUT2D eigenvalue weighted by Crippen LogP contribution is -2.25. The zero-order valence-corrected chi connectivity index (χ0v) is 11.7. The molecule has 4 heteroatoms. The minimum atomic E-state index is 0.710. The molecule has 1 aliphatic rings. The fourth-order valence-corrected chi connectivity index (χ4v) is 2.96. The number of benzene rings is 1. The Labute approximate surface area is 113 Å². The molecule has 0 aromatic heterocycles.